The Balaban J connectivity index is 2.27. The number of carbonyl (C=O) groups is 1. The first-order chi connectivity index (χ1) is 11.9. The van der Waals surface area contributed by atoms with Crippen LogP contribution in [0, 0.1) is 5.82 Å². The lowest BCUT2D eigenvalue weighted by Gasteiger charge is -2.04. The van der Waals surface area contributed by atoms with Crippen LogP contribution in [-0.4, -0.2) is 26.1 Å². The van der Waals surface area contributed by atoms with Crippen LogP contribution in [0.1, 0.15) is 0 Å². The molecule has 3 aromatic rings. The quantitative estimate of drug-likeness (QED) is 0.651. The zero-order valence-corrected chi connectivity index (χ0v) is 14.7. The number of hydrogen-bond acceptors (Lipinski definition) is 5. The molecule has 9 heteroatoms. The molecule has 0 N–H and O–H groups in total. The van der Waals surface area contributed by atoms with Crippen molar-refractivity contribution in [3.8, 4) is 0 Å². The molecule has 0 aliphatic carbocycles. The Morgan fingerprint density at radius 2 is 1.92 bits per heavy atom. The zero-order chi connectivity index (χ0) is 18.0. The Labute approximate surface area is 146 Å². The van der Waals surface area contributed by atoms with E-state index in [0.717, 1.165) is 11.3 Å². The number of rotatable bonds is 4. The number of halogens is 1. The second-order valence-electron chi connectivity index (χ2n) is 5.01. The van der Waals surface area contributed by atoms with Crippen LogP contribution in [0.3, 0.4) is 0 Å². The van der Waals surface area contributed by atoms with Gasteiger partial charge in [-0.25, -0.2) is 4.39 Å². The number of carbonyl (C=O) groups excluding carboxylic acids is 1. The van der Waals surface area contributed by atoms with Gasteiger partial charge >= 0.3 is 5.97 Å². The first-order valence-corrected chi connectivity index (χ1v) is 9.39. The van der Waals surface area contributed by atoms with Crippen LogP contribution >= 0.6 is 11.3 Å². The summed E-state index contributed by atoms with van der Waals surface area (Å²) in [7, 11) is -2.80. The maximum Gasteiger partial charge on any atom is 0.325 e. The fraction of sp³-hybridized carbons (Fsp3) is 0.125. The predicted molar refractivity (Wildman–Crippen MR) is 91.0 cm³/mol. The molecular weight excluding hydrogens is 367 g/mol. The molecule has 0 radical (unpaired) electrons. The molecule has 0 amide bonds. The van der Waals surface area contributed by atoms with Gasteiger partial charge in [-0.05, 0) is 24.3 Å². The van der Waals surface area contributed by atoms with Crippen LogP contribution in [0.4, 0.5) is 4.39 Å². The summed E-state index contributed by atoms with van der Waals surface area (Å²) in [6, 6.07) is 12.0. The van der Waals surface area contributed by atoms with Crippen molar-refractivity contribution in [1.82, 2.24) is 4.57 Å². The molecule has 25 heavy (non-hydrogen) atoms. The van der Waals surface area contributed by atoms with E-state index in [1.807, 2.05) is 0 Å². The third-order valence-corrected chi connectivity index (χ3v) is 5.85. The molecule has 3 rings (SSSR count). The molecule has 0 saturated carbocycles. The van der Waals surface area contributed by atoms with Crippen LogP contribution in [0.5, 0.6) is 0 Å². The average Bonchev–Trinajstić information content (AvgIpc) is 2.93. The summed E-state index contributed by atoms with van der Waals surface area (Å²) in [5, 5.41) is 0. The molecule has 0 aliphatic rings. The smallest absolute Gasteiger partial charge is 0.325 e. The van der Waals surface area contributed by atoms with Crippen LogP contribution < -0.4 is 4.80 Å². The molecule has 1 aromatic heterocycles. The molecule has 0 aliphatic heterocycles. The Hall–Kier alpha value is -2.52. The minimum absolute atomic E-state index is 0.00523. The Kier molecular flexibility index (Phi) is 4.69. The molecule has 0 fully saturated rings. The van der Waals surface area contributed by atoms with Gasteiger partial charge in [-0.3, -0.25) is 4.79 Å². The number of aromatic nitrogens is 1. The fourth-order valence-electron chi connectivity index (χ4n) is 2.25. The molecule has 130 valence electrons. The minimum Gasteiger partial charge on any atom is -0.468 e. The topological polar surface area (TPSA) is 77.7 Å². The molecule has 0 spiro atoms. The summed E-state index contributed by atoms with van der Waals surface area (Å²) in [5.41, 5.74) is 0.111. The van der Waals surface area contributed by atoms with Crippen LogP contribution in [0.2, 0.25) is 0 Å². The van der Waals surface area contributed by atoms with Crippen molar-refractivity contribution in [2.24, 2.45) is 4.40 Å². The van der Waals surface area contributed by atoms with Gasteiger partial charge in [0.1, 0.15) is 12.4 Å². The Bertz CT molecular complexity index is 1100. The third kappa shape index (κ3) is 3.47. The van der Waals surface area contributed by atoms with E-state index in [1.54, 1.807) is 24.3 Å². The highest BCUT2D eigenvalue weighted by molar-refractivity contribution is 7.90. The number of thiazole rings is 1. The number of hydrogen-bond donors (Lipinski definition) is 0. The van der Waals surface area contributed by atoms with Crippen molar-refractivity contribution in [3.63, 3.8) is 0 Å². The van der Waals surface area contributed by atoms with Gasteiger partial charge < -0.3 is 9.30 Å². The van der Waals surface area contributed by atoms with Gasteiger partial charge in [-0.2, -0.15) is 8.42 Å². The van der Waals surface area contributed by atoms with E-state index in [4.69, 9.17) is 0 Å². The van der Waals surface area contributed by atoms with Crippen molar-refractivity contribution in [3.05, 3.63) is 59.1 Å². The molecule has 1 heterocycles. The number of para-hydroxylation sites is 1. The number of ether oxygens (including phenoxy) is 1. The van der Waals surface area contributed by atoms with Gasteiger partial charge in [0, 0.05) is 0 Å². The number of fused-ring (bicyclic) bond motifs is 1. The van der Waals surface area contributed by atoms with Gasteiger partial charge in [-0.1, -0.05) is 35.6 Å². The van der Waals surface area contributed by atoms with E-state index >= 15 is 0 Å². The van der Waals surface area contributed by atoms with Crippen LogP contribution in [-0.2, 0) is 26.1 Å². The number of nitrogens with zero attached hydrogens (tertiary/aromatic N) is 2. The van der Waals surface area contributed by atoms with E-state index in [-0.39, 0.29) is 21.8 Å². The van der Waals surface area contributed by atoms with E-state index < -0.39 is 21.8 Å². The molecule has 2 aromatic carbocycles. The SMILES string of the molecule is COC(=O)Cn1/c(=N/S(=O)(=O)c2ccccc2)sc2cccc(F)c21. The van der Waals surface area contributed by atoms with Crippen LogP contribution in [0.15, 0.2) is 57.8 Å². The van der Waals surface area contributed by atoms with Crippen molar-refractivity contribution < 1.29 is 22.3 Å². The maximum atomic E-state index is 14.2. The number of benzene rings is 2. The summed E-state index contributed by atoms with van der Waals surface area (Å²) >= 11 is 0.981. The molecule has 0 unspecified atom stereocenters. The lowest BCUT2D eigenvalue weighted by atomic mass is 10.3. The zero-order valence-electron chi connectivity index (χ0n) is 13.0. The number of sulfonamides is 1. The highest BCUT2D eigenvalue weighted by Gasteiger charge is 2.17. The first-order valence-electron chi connectivity index (χ1n) is 7.13. The van der Waals surface area contributed by atoms with Crippen LogP contribution in [0.25, 0.3) is 10.2 Å². The highest BCUT2D eigenvalue weighted by atomic mass is 32.2. The standard InChI is InChI=1S/C16H13FN2O4S2/c1-23-14(20)10-19-15-12(17)8-5-9-13(15)24-16(19)18-25(21,22)11-6-3-2-4-7-11/h2-9H,10H2,1H3/b18-16-. The second-order valence-corrected chi connectivity index (χ2v) is 7.63. The average molecular weight is 380 g/mol. The van der Waals surface area contributed by atoms with E-state index in [1.165, 1.54) is 35.9 Å². The first kappa shape index (κ1) is 17.3. The highest BCUT2D eigenvalue weighted by Crippen LogP contribution is 2.21. The Morgan fingerprint density at radius 3 is 2.60 bits per heavy atom. The van der Waals surface area contributed by atoms with Gasteiger partial charge in [-0.15, -0.1) is 4.40 Å². The minimum atomic E-state index is -4.00. The van der Waals surface area contributed by atoms with E-state index in [0.29, 0.717) is 4.70 Å². The monoisotopic (exact) mass is 380 g/mol. The summed E-state index contributed by atoms with van der Waals surface area (Å²) in [6.07, 6.45) is 0. The summed E-state index contributed by atoms with van der Waals surface area (Å²) in [6.45, 7) is -0.347. The predicted octanol–water partition coefficient (Wildman–Crippen LogP) is 2.30. The normalized spacial score (nSPS) is 12.5. The molecular formula is C16H13FN2O4S2. The number of methoxy groups -OCH3 is 1. The number of esters is 1. The summed E-state index contributed by atoms with van der Waals surface area (Å²) in [5.74, 6) is -1.21. The third-order valence-electron chi connectivity index (χ3n) is 3.41. The van der Waals surface area contributed by atoms with Gasteiger partial charge in [0.05, 0.1) is 22.2 Å². The van der Waals surface area contributed by atoms with Gasteiger partial charge in [0.2, 0.25) is 4.80 Å². The van der Waals surface area contributed by atoms with Gasteiger partial charge in [0.25, 0.3) is 10.0 Å². The molecule has 0 bridgehead atoms. The van der Waals surface area contributed by atoms with E-state index in [9.17, 15) is 17.6 Å². The Morgan fingerprint density at radius 1 is 1.20 bits per heavy atom. The molecule has 0 saturated heterocycles. The molecule has 6 nitrogen and oxygen atoms in total. The van der Waals surface area contributed by atoms with Crippen molar-refractivity contribution in [2.45, 2.75) is 11.4 Å². The van der Waals surface area contributed by atoms with Gasteiger partial charge in [0.15, 0.2) is 0 Å². The lowest BCUT2D eigenvalue weighted by Crippen LogP contribution is -2.23. The lowest BCUT2D eigenvalue weighted by molar-refractivity contribution is -0.141. The maximum absolute atomic E-state index is 14.2. The summed E-state index contributed by atoms with van der Waals surface area (Å²) < 4.78 is 49.3. The van der Waals surface area contributed by atoms with Crippen molar-refractivity contribution >= 4 is 37.5 Å². The fourth-order valence-corrected chi connectivity index (χ4v) is 4.51. The second kappa shape index (κ2) is 6.77. The largest absolute Gasteiger partial charge is 0.468 e. The molecule has 0 atom stereocenters. The van der Waals surface area contributed by atoms with Crippen molar-refractivity contribution in [2.75, 3.05) is 7.11 Å². The van der Waals surface area contributed by atoms with E-state index in [2.05, 4.69) is 9.13 Å². The van der Waals surface area contributed by atoms with Crippen molar-refractivity contribution in [1.29, 1.82) is 0 Å². The summed E-state index contributed by atoms with van der Waals surface area (Å²) in [4.78, 5) is 11.7.